The third kappa shape index (κ3) is 6.78. The fraction of sp³-hybridized carbons (Fsp3) is 0.118. The molecular formula is C17H16ClN3O3S. The number of carbonyl (C=O) groups excluding carboxylic acids is 2. The largest absolute Gasteiger partial charge is 0.484 e. The summed E-state index contributed by atoms with van der Waals surface area (Å²) in [6, 6.07) is 13.6. The number of thiocarbonyl (C=S) groups is 1. The number of hydrogen-bond acceptors (Lipinski definition) is 4. The molecule has 0 aromatic heterocycles. The van der Waals surface area contributed by atoms with Crippen molar-refractivity contribution in [1.82, 2.24) is 5.32 Å². The molecule has 0 saturated heterocycles. The summed E-state index contributed by atoms with van der Waals surface area (Å²) >= 11 is 10.9. The van der Waals surface area contributed by atoms with Gasteiger partial charge in [-0.15, -0.1) is 0 Å². The number of anilines is 2. The van der Waals surface area contributed by atoms with Crippen molar-refractivity contribution in [3.63, 3.8) is 0 Å². The summed E-state index contributed by atoms with van der Waals surface area (Å²) in [4.78, 5) is 22.8. The summed E-state index contributed by atoms with van der Waals surface area (Å²) in [6.45, 7) is 1.26. The third-order valence-corrected chi connectivity index (χ3v) is 3.36. The van der Waals surface area contributed by atoms with E-state index in [0.29, 0.717) is 22.1 Å². The fourth-order valence-electron chi connectivity index (χ4n) is 1.84. The van der Waals surface area contributed by atoms with Crippen molar-refractivity contribution in [1.29, 1.82) is 0 Å². The van der Waals surface area contributed by atoms with Crippen molar-refractivity contribution in [3.8, 4) is 5.75 Å². The van der Waals surface area contributed by atoms with Crippen LogP contribution in [0.2, 0.25) is 5.02 Å². The Morgan fingerprint density at radius 3 is 2.12 bits per heavy atom. The van der Waals surface area contributed by atoms with Gasteiger partial charge >= 0.3 is 0 Å². The molecule has 0 bridgehead atoms. The number of amides is 2. The van der Waals surface area contributed by atoms with Gasteiger partial charge in [-0.1, -0.05) is 11.6 Å². The number of hydrogen-bond donors (Lipinski definition) is 3. The van der Waals surface area contributed by atoms with Crippen LogP contribution in [0, 0.1) is 0 Å². The molecule has 130 valence electrons. The van der Waals surface area contributed by atoms with Crippen LogP contribution in [-0.2, 0) is 9.59 Å². The van der Waals surface area contributed by atoms with E-state index in [4.69, 9.17) is 28.6 Å². The van der Waals surface area contributed by atoms with Crippen molar-refractivity contribution in [3.05, 3.63) is 53.6 Å². The molecule has 2 aromatic rings. The first-order valence-electron chi connectivity index (χ1n) is 7.29. The van der Waals surface area contributed by atoms with Gasteiger partial charge in [0.15, 0.2) is 11.7 Å². The SMILES string of the molecule is CC(=O)Nc1ccc(NC(=S)NC(=O)COc2ccc(Cl)cc2)cc1. The standard InChI is InChI=1S/C17H16ClN3O3S/c1-11(22)19-13-4-6-14(7-5-13)20-17(25)21-16(23)10-24-15-8-2-12(18)3-9-15/h2-9H,10H2,1H3,(H,19,22)(H2,20,21,23,25). The molecular weight excluding hydrogens is 362 g/mol. The minimum Gasteiger partial charge on any atom is -0.484 e. The van der Waals surface area contributed by atoms with E-state index in [0.717, 1.165) is 0 Å². The summed E-state index contributed by atoms with van der Waals surface area (Å²) in [5, 5.41) is 8.79. The Hall–Kier alpha value is -2.64. The molecule has 0 aliphatic heterocycles. The molecule has 2 rings (SSSR count). The lowest BCUT2D eigenvalue weighted by atomic mass is 10.3. The minimum absolute atomic E-state index is 0.149. The molecule has 0 fully saturated rings. The summed E-state index contributed by atoms with van der Waals surface area (Å²) in [7, 11) is 0. The first-order valence-corrected chi connectivity index (χ1v) is 8.08. The van der Waals surface area contributed by atoms with E-state index in [2.05, 4.69) is 16.0 Å². The number of ether oxygens (including phenoxy) is 1. The molecule has 0 heterocycles. The van der Waals surface area contributed by atoms with Gasteiger partial charge < -0.3 is 15.4 Å². The van der Waals surface area contributed by atoms with E-state index >= 15 is 0 Å². The third-order valence-electron chi connectivity index (χ3n) is 2.90. The number of rotatable bonds is 5. The van der Waals surface area contributed by atoms with E-state index in [-0.39, 0.29) is 23.5 Å². The number of nitrogens with one attached hydrogen (secondary N) is 3. The molecule has 0 aliphatic carbocycles. The average Bonchev–Trinajstić information content (AvgIpc) is 2.55. The van der Waals surface area contributed by atoms with Crippen LogP contribution in [0.5, 0.6) is 5.75 Å². The van der Waals surface area contributed by atoms with Gasteiger partial charge in [0, 0.05) is 23.3 Å². The lowest BCUT2D eigenvalue weighted by Gasteiger charge is -2.11. The number of halogens is 1. The molecule has 6 nitrogen and oxygen atoms in total. The van der Waals surface area contributed by atoms with Crippen molar-refractivity contribution < 1.29 is 14.3 Å². The zero-order valence-electron chi connectivity index (χ0n) is 13.3. The molecule has 2 aromatic carbocycles. The second kappa shape index (κ2) is 9.00. The molecule has 25 heavy (non-hydrogen) atoms. The van der Waals surface area contributed by atoms with E-state index in [1.807, 2.05) is 0 Å². The Balaban J connectivity index is 1.78. The van der Waals surface area contributed by atoms with Crippen LogP contribution < -0.4 is 20.7 Å². The van der Waals surface area contributed by atoms with Crippen LogP contribution in [0.25, 0.3) is 0 Å². The highest BCUT2D eigenvalue weighted by Crippen LogP contribution is 2.15. The average molecular weight is 378 g/mol. The van der Waals surface area contributed by atoms with Gasteiger partial charge in [0.25, 0.3) is 5.91 Å². The Kier molecular flexibility index (Phi) is 6.73. The smallest absolute Gasteiger partial charge is 0.264 e. The maximum Gasteiger partial charge on any atom is 0.264 e. The molecule has 0 saturated carbocycles. The zero-order chi connectivity index (χ0) is 18.2. The first kappa shape index (κ1) is 18.7. The highest BCUT2D eigenvalue weighted by atomic mass is 35.5. The second-order valence-corrected chi connectivity index (χ2v) is 5.85. The maximum atomic E-state index is 11.8. The highest BCUT2D eigenvalue weighted by molar-refractivity contribution is 7.80. The lowest BCUT2D eigenvalue weighted by molar-refractivity contribution is -0.121. The Morgan fingerprint density at radius 2 is 1.56 bits per heavy atom. The summed E-state index contributed by atoms with van der Waals surface area (Å²) in [5.74, 6) is -0.00140. The van der Waals surface area contributed by atoms with Crippen LogP contribution in [0.1, 0.15) is 6.92 Å². The van der Waals surface area contributed by atoms with Crippen molar-refractivity contribution >= 4 is 52.1 Å². The quantitative estimate of drug-likeness (QED) is 0.697. The lowest BCUT2D eigenvalue weighted by Crippen LogP contribution is -2.37. The van der Waals surface area contributed by atoms with E-state index < -0.39 is 0 Å². The van der Waals surface area contributed by atoms with Crippen LogP contribution in [0.15, 0.2) is 48.5 Å². The molecule has 0 radical (unpaired) electrons. The topological polar surface area (TPSA) is 79.5 Å². The van der Waals surface area contributed by atoms with Gasteiger partial charge in [0.2, 0.25) is 5.91 Å². The van der Waals surface area contributed by atoms with E-state index in [1.54, 1.807) is 48.5 Å². The normalized spacial score (nSPS) is 9.84. The minimum atomic E-state index is -0.387. The Labute approximate surface area is 155 Å². The van der Waals surface area contributed by atoms with E-state index in [1.165, 1.54) is 6.92 Å². The van der Waals surface area contributed by atoms with E-state index in [9.17, 15) is 9.59 Å². The van der Waals surface area contributed by atoms with Gasteiger partial charge in [-0.25, -0.2) is 0 Å². The van der Waals surface area contributed by atoms with Gasteiger partial charge in [-0.2, -0.15) is 0 Å². The van der Waals surface area contributed by atoms with Crippen molar-refractivity contribution in [2.75, 3.05) is 17.2 Å². The summed E-state index contributed by atoms with van der Waals surface area (Å²) < 4.78 is 5.33. The van der Waals surface area contributed by atoms with Gasteiger partial charge in [0.1, 0.15) is 5.75 Å². The molecule has 0 spiro atoms. The number of benzene rings is 2. The second-order valence-electron chi connectivity index (χ2n) is 5.00. The summed E-state index contributed by atoms with van der Waals surface area (Å²) in [5.41, 5.74) is 1.35. The van der Waals surface area contributed by atoms with Crippen molar-refractivity contribution in [2.45, 2.75) is 6.92 Å². The predicted octanol–water partition coefficient (Wildman–Crippen LogP) is 3.19. The van der Waals surface area contributed by atoms with Crippen LogP contribution in [-0.4, -0.2) is 23.5 Å². The monoisotopic (exact) mass is 377 g/mol. The van der Waals surface area contributed by atoms with Crippen LogP contribution >= 0.6 is 23.8 Å². The first-order chi connectivity index (χ1) is 11.9. The Morgan fingerprint density at radius 1 is 1.00 bits per heavy atom. The molecule has 8 heteroatoms. The molecule has 0 atom stereocenters. The fourth-order valence-corrected chi connectivity index (χ4v) is 2.20. The molecule has 3 N–H and O–H groups in total. The molecule has 0 unspecified atom stereocenters. The predicted molar refractivity (Wildman–Crippen MR) is 102 cm³/mol. The van der Waals surface area contributed by atoms with Gasteiger partial charge in [0.05, 0.1) is 0 Å². The molecule has 2 amide bonds. The van der Waals surface area contributed by atoms with Crippen LogP contribution in [0.3, 0.4) is 0 Å². The molecule has 0 aliphatic rings. The maximum absolute atomic E-state index is 11.8. The van der Waals surface area contributed by atoms with Crippen molar-refractivity contribution in [2.24, 2.45) is 0 Å². The van der Waals surface area contributed by atoms with Gasteiger partial charge in [-0.3, -0.25) is 14.9 Å². The Bertz CT molecular complexity index is 764. The summed E-state index contributed by atoms with van der Waals surface area (Å²) in [6.07, 6.45) is 0. The van der Waals surface area contributed by atoms with Gasteiger partial charge in [-0.05, 0) is 60.7 Å². The zero-order valence-corrected chi connectivity index (χ0v) is 14.9. The number of carbonyl (C=O) groups is 2. The van der Waals surface area contributed by atoms with Crippen LogP contribution in [0.4, 0.5) is 11.4 Å². The highest BCUT2D eigenvalue weighted by Gasteiger charge is 2.06.